The molecule has 0 N–H and O–H groups in total. The first kappa shape index (κ1) is 22.2. The summed E-state index contributed by atoms with van der Waals surface area (Å²) in [5, 5.41) is 3.07. The fourth-order valence-corrected chi connectivity index (χ4v) is 4.44. The number of esters is 1. The number of nitrogens with zero attached hydrogens (tertiary/aromatic N) is 2. The van der Waals surface area contributed by atoms with Crippen LogP contribution in [0.15, 0.2) is 66.0 Å². The molecule has 4 aromatic rings. The van der Waals surface area contributed by atoms with E-state index < -0.39 is 12.6 Å². The third-order valence-corrected chi connectivity index (χ3v) is 6.32. The van der Waals surface area contributed by atoms with E-state index in [1.807, 2.05) is 17.5 Å². The summed E-state index contributed by atoms with van der Waals surface area (Å²) in [7, 11) is 0. The van der Waals surface area contributed by atoms with Gasteiger partial charge in [0.25, 0.3) is 5.91 Å². The molecule has 0 atom stereocenters. The quantitative estimate of drug-likeness (QED) is 0.274. The lowest BCUT2D eigenvalue weighted by Crippen LogP contribution is -2.34. The normalized spacial score (nSPS) is 12.4. The van der Waals surface area contributed by atoms with Crippen molar-refractivity contribution in [3.05, 3.63) is 81.6 Å². The Labute approximate surface area is 204 Å². The lowest BCUT2D eigenvalue weighted by Gasteiger charge is -2.25. The maximum atomic E-state index is 13.2. The summed E-state index contributed by atoms with van der Waals surface area (Å²) < 4.78 is 16.6. The van der Waals surface area contributed by atoms with E-state index in [-0.39, 0.29) is 5.91 Å². The summed E-state index contributed by atoms with van der Waals surface area (Å²) >= 11 is 7.46. The Balaban J connectivity index is 1.33. The molecular formula is C25H19ClN2O5S. The molecule has 1 aliphatic heterocycles. The van der Waals surface area contributed by atoms with E-state index in [0.717, 1.165) is 10.3 Å². The van der Waals surface area contributed by atoms with E-state index in [9.17, 15) is 9.59 Å². The number of amides is 1. The van der Waals surface area contributed by atoms with Crippen molar-refractivity contribution in [2.75, 3.05) is 24.7 Å². The molecule has 0 fully saturated rings. The monoisotopic (exact) mass is 494 g/mol. The Morgan fingerprint density at radius 2 is 1.88 bits per heavy atom. The topological polar surface area (TPSA) is 78.0 Å². The van der Waals surface area contributed by atoms with Crippen LogP contribution in [-0.2, 0) is 16.1 Å². The van der Waals surface area contributed by atoms with Gasteiger partial charge < -0.3 is 19.1 Å². The minimum atomic E-state index is -0.594. The van der Waals surface area contributed by atoms with Crippen LogP contribution in [0, 0.1) is 0 Å². The third-order valence-electron chi connectivity index (χ3n) is 5.25. The summed E-state index contributed by atoms with van der Waals surface area (Å²) in [4.78, 5) is 32.6. The molecule has 0 saturated carbocycles. The highest BCUT2D eigenvalue weighted by Gasteiger charge is 2.22. The number of rotatable bonds is 6. The lowest BCUT2D eigenvalue weighted by atomic mass is 10.1. The molecule has 2 aromatic heterocycles. The van der Waals surface area contributed by atoms with Crippen LogP contribution in [0.1, 0.15) is 15.2 Å². The number of pyridine rings is 1. The zero-order valence-electron chi connectivity index (χ0n) is 17.9. The van der Waals surface area contributed by atoms with Crippen LogP contribution in [0.25, 0.3) is 10.9 Å². The second kappa shape index (κ2) is 9.70. The Kier molecular flexibility index (Phi) is 6.33. The number of anilines is 1. The van der Waals surface area contributed by atoms with Gasteiger partial charge in [0.2, 0.25) is 0 Å². The first-order valence-corrected chi connectivity index (χ1v) is 11.8. The molecule has 9 heteroatoms. The van der Waals surface area contributed by atoms with E-state index in [4.69, 9.17) is 25.8 Å². The SMILES string of the molecule is O=C(OCC(=O)N(Cc1cccs1)c1ccc2c(c1)OCCO2)c1ccc2nc(Cl)ccc2c1. The number of halogens is 1. The van der Waals surface area contributed by atoms with Crippen LogP contribution in [0.4, 0.5) is 5.69 Å². The van der Waals surface area contributed by atoms with Gasteiger partial charge in [0, 0.05) is 22.0 Å². The largest absolute Gasteiger partial charge is 0.486 e. The van der Waals surface area contributed by atoms with E-state index in [2.05, 4.69) is 4.98 Å². The molecule has 5 rings (SSSR count). The van der Waals surface area contributed by atoms with Gasteiger partial charge in [-0.25, -0.2) is 9.78 Å². The molecule has 34 heavy (non-hydrogen) atoms. The molecule has 0 unspecified atom stereocenters. The van der Waals surface area contributed by atoms with Gasteiger partial charge in [-0.1, -0.05) is 17.7 Å². The summed E-state index contributed by atoms with van der Waals surface area (Å²) in [5.41, 5.74) is 1.63. The number of thiophene rings is 1. The lowest BCUT2D eigenvalue weighted by molar-refractivity contribution is -0.121. The molecule has 0 spiro atoms. The molecule has 0 radical (unpaired) electrons. The molecule has 1 amide bonds. The summed E-state index contributed by atoms with van der Waals surface area (Å²) in [6.07, 6.45) is 0. The third kappa shape index (κ3) is 4.83. The van der Waals surface area contributed by atoms with Gasteiger partial charge in [-0.3, -0.25) is 4.79 Å². The smallest absolute Gasteiger partial charge is 0.338 e. The van der Waals surface area contributed by atoms with Crippen molar-refractivity contribution < 1.29 is 23.8 Å². The molecule has 7 nitrogen and oxygen atoms in total. The number of hydrogen-bond donors (Lipinski definition) is 0. The van der Waals surface area contributed by atoms with Crippen molar-refractivity contribution in [2.45, 2.75) is 6.54 Å². The molecular weight excluding hydrogens is 476 g/mol. The van der Waals surface area contributed by atoms with Crippen molar-refractivity contribution in [1.29, 1.82) is 0 Å². The number of hydrogen-bond acceptors (Lipinski definition) is 7. The fraction of sp³-hybridized carbons (Fsp3) is 0.160. The number of carbonyl (C=O) groups is 2. The molecule has 0 aliphatic carbocycles. The number of ether oxygens (including phenoxy) is 3. The summed E-state index contributed by atoms with van der Waals surface area (Å²) in [6.45, 7) is 0.865. The van der Waals surface area contributed by atoms with E-state index in [1.54, 1.807) is 64.8 Å². The van der Waals surface area contributed by atoms with Crippen LogP contribution in [0.5, 0.6) is 11.5 Å². The number of carbonyl (C=O) groups excluding carboxylic acids is 2. The van der Waals surface area contributed by atoms with Crippen molar-refractivity contribution in [3.8, 4) is 11.5 Å². The highest BCUT2D eigenvalue weighted by atomic mass is 35.5. The minimum absolute atomic E-state index is 0.327. The zero-order chi connectivity index (χ0) is 23.5. The van der Waals surface area contributed by atoms with Crippen LogP contribution < -0.4 is 14.4 Å². The molecule has 3 heterocycles. The Hall–Kier alpha value is -3.62. The zero-order valence-corrected chi connectivity index (χ0v) is 19.5. The second-order valence-electron chi connectivity index (χ2n) is 7.50. The first-order chi connectivity index (χ1) is 16.6. The summed E-state index contributed by atoms with van der Waals surface area (Å²) in [6, 6.07) is 17.6. The van der Waals surface area contributed by atoms with Gasteiger partial charge in [-0.15, -0.1) is 11.3 Å². The molecule has 0 bridgehead atoms. The van der Waals surface area contributed by atoms with E-state index >= 15 is 0 Å². The van der Waals surface area contributed by atoms with Crippen molar-refractivity contribution >= 4 is 51.4 Å². The van der Waals surface area contributed by atoms with Crippen LogP contribution >= 0.6 is 22.9 Å². The Morgan fingerprint density at radius 1 is 1.03 bits per heavy atom. The van der Waals surface area contributed by atoms with Gasteiger partial charge in [0.15, 0.2) is 18.1 Å². The molecule has 172 valence electrons. The molecule has 2 aromatic carbocycles. The highest BCUT2D eigenvalue weighted by Crippen LogP contribution is 2.34. The Morgan fingerprint density at radius 3 is 2.71 bits per heavy atom. The number of aromatic nitrogens is 1. The van der Waals surface area contributed by atoms with Crippen molar-refractivity contribution in [1.82, 2.24) is 4.98 Å². The molecule has 0 saturated heterocycles. The first-order valence-electron chi connectivity index (χ1n) is 10.5. The standard InChI is InChI=1S/C25H19ClN2O5S/c26-23-8-4-16-12-17(3-6-20(16)27-23)25(30)33-15-24(29)28(14-19-2-1-11-34-19)18-5-7-21-22(13-18)32-10-9-31-21/h1-8,11-13H,9-10,14-15H2. The summed E-state index contributed by atoms with van der Waals surface area (Å²) in [5.74, 6) is 0.266. The van der Waals surface area contributed by atoms with Gasteiger partial charge in [0.1, 0.15) is 18.4 Å². The van der Waals surface area contributed by atoms with Crippen LogP contribution in [0.3, 0.4) is 0 Å². The predicted octanol–water partition coefficient (Wildman–Crippen LogP) is 5.11. The maximum Gasteiger partial charge on any atom is 0.338 e. The fourth-order valence-electron chi connectivity index (χ4n) is 3.60. The van der Waals surface area contributed by atoms with Gasteiger partial charge in [-0.05, 0) is 53.9 Å². The van der Waals surface area contributed by atoms with E-state index in [0.29, 0.717) is 53.2 Å². The van der Waals surface area contributed by atoms with Crippen LogP contribution in [0.2, 0.25) is 5.15 Å². The Bertz CT molecular complexity index is 1360. The van der Waals surface area contributed by atoms with Gasteiger partial charge in [0.05, 0.1) is 17.6 Å². The highest BCUT2D eigenvalue weighted by molar-refractivity contribution is 7.09. The van der Waals surface area contributed by atoms with Gasteiger partial charge >= 0.3 is 5.97 Å². The minimum Gasteiger partial charge on any atom is -0.486 e. The average molecular weight is 495 g/mol. The van der Waals surface area contributed by atoms with Gasteiger partial charge in [-0.2, -0.15) is 0 Å². The second-order valence-corrected chi connectivity index (χ2v) is 8.92. The molecule has 1 aliphatic rings. The van der Waals surface area contributed by atoms with Crippen molar-refractivity contribution in [2.24, 2.45) is 0 Å². The number of fused-ring (bicyclic) bond motifs is 2. The van der Waals surface area contributed by atoms with Crippen LogP contribution in [-0.4, -0.2) is 36.7 Å². The maximum absolute atomic E-state index is 13.2. The number of benzene rings is 2. The van der Waals surface area contributed by atoms with Crippen molar-refractivity contribution in [3.63, 3.8) is 0 Å². The average Bonchev–Trinajstić information content (AvgIpc) is 3.38. The van der Waals surface area contributed by atoms with E-state index in [1.165, 1.54) is 0 Å². The predicted molar refractivity (Wildman–Crippen MR) is 130 cm³/mol.